The minimum Gasteiger partial charge on any atom is -0.481 e. The molecule has 0 rings (SSSR count). The van der Waals surface area contributed by atoms with E-state index >= 15 is 0 Å². The highest BCUT2D eigenvalue weighted by Crippen LogP contribution is 2.28. The summed E-state index contributed by atoms with van der Waals surface area (Å²) in [6.45, 7) is 4.54. The van der Waals surface area contributed by atoms with Crippen LogP contribution < -0.4 is 0 Å². The van der Waals surface area contributed by atoms with E-state index in [0.29, 0.717) is 0 Å². The van der Waals surface area contributed by atoms with Gasteiger partial charge in [0.2, 0.25) is 0 Å². The Morgan fingerprint density at radius 1 is 1.05 bits per heavy atom. The first-order valence-corrected chi connectivity index (χ1v) is 6.06. The summed E-state index contributed by atoms with van der Waals surface area (Å²) in [6.07, 6.45) is 0.409. The summed E-state index contributed by atoms with van der Waals surface area (Å²) in [5.74, 6) is -10.5. The highest BCUT2D eigenvalue weighted by Gasteiger charge is 2.39. The van der Waals surface area contributed by atoms with Crippen molar-refractivity contribution in [3.63, 3.8) is 0 Å². The smallest absolute Gasteiger partial charge is 0.311 e. The van der Waals surface area contributed by atoms with Gasteiger partial charge in [0, 0.05) is 0 Å². The third-order valence-electron chi connectivity index (χ3n) is 3.29. The van der Waals surface area contributed by atoms with Gasteiger partial charge in [0.1, 0.15) is 0 Å². The first-order valence-electron chi connectivity index (χ1n) is 6.06. The van der Waals surface area contributed by atoms with Crippen LogP contribution in [0.2, 0.25) is 0 Å². The molecule has 0 aromatic heterocycles. The molecule has 0 aliphatic heterocycles. The van der Waals surface area contributed by atoms with Crippen molar-refractivity contribution in [1.29, 1.82) is 0 Å². The number of esters is 1. The van der Waals surface area contributed by atoms with Crippen LogP contribution in [0.5, 0.6) is 0 Å². The molecule has 0 heterocycles. The number of hydrogen-bond acceptors (Lipinski definition) is 5. The van der Waals surface area contributed by atoms with Crippen LogP contribution in [-0.4, -0.2) is 46.3 Å². The molecule has 0 amide bonds. The second kappa shape index (κ2) is 8.03. The molecule has 0 fully saturated rings. The Kier molecular flexibility index (Phi) is 7.12. The second-order valence-corrected chi connectivity index (χ2v) is 4.54. The molecule has 0 aromatic rings. The van der Waals surface area contributed by atoms with Gasteiger partial charge in [-0.25, -0.2) is 0 Å². The Morgan fingerprint density at radius 3 is 1.81 bits per heavy atom. The normalized spacial score (nSPS) is 16.1. The van der Waals surface area contributed by atoms with Crippen LogP contribution in [0, 0.1) is 23.7 Å². The Balaban J connectivity index is 5.39. The summed E-state index contributed by atoms with van der Waals surface area (Å²) in [7, 11) is 1.08. The van der Waals surface area contributed by atoms with Crippen molar-refractivity contribution in [2.45, 2.75) is 13.3 Å². The quantitative estimate of drug-likeness (QED) is 0.413. The zero-order valence-electron chi connectivity index (χ0n) is 11.7. The molecular weight excluding hydrogens is 284 g/mol. The fourth-order valence-electron chi connectivity index (χ4n) is 1.98. The predicted octanol–water partition coefficient (Wildman–Crippen LogP) is 0.474. The molecule has 0 spiro atoms. The topological polar surface area (TPSA) is 138 Å². The zero-order chi connectivity index (χ0) is 16.7. The lowest BCUT2D eigenvalue weighted by Crippen LogP contribution is -2.36. The zero-order valence-corrected chi connectivity index (χ0v) is 11.7. The SMILES string of the molecule is C=CC(C(=O)O)C(CC(C(=O)O)C(C)C(=O)OC)C(=O)O. The van der Waals surface area contributed by atoms with Crippen LogP contribution in [0.1, 0.15) is 13.3 Å². The average molecular weight is 302 g/mol. The van der Waals surface area contributed by atoms with E-state index in [1.54, 1.807) is 0 Å². The summed E-state index contributed by atoms with van der Waals surface area (Å²) in [4.78, 5) is 44.9. The van der Waals surface area contributed by atoms with Gasteiger partial charge in [-0.15, -0.1) is 6.58 Å². The maximum Gasteiger partial charge on any atom is 0.311 e. The molecule has 0 radical (unpaired) electrons. The van der Waals surface area contributed by atoms with Crippen LogP contribution in [0.4, 0.5) is 0 Å². The summed E-state index contributed by atoms with van der Waals surface area (Å²) in [6, 6.07) is 0. The summed E-state index contributed by atoms with van der Waals surface area (Å²) in [5, 5.41) is 27.2. The third kappa shape index (κ3) is 4.90. The van der Waals surface area contributed by atoms with Crippen molar-refractivity contribution in [1.82, 2.24) is 0 Å². The van der Waals surface area contributed by atoms with Crippen molar-refractivity contribution in [2.75, 3.05) is 7.11 Å². The molecule has 4 unspecified atom stereocenters. The molecule has 0 aliphatic rings. The van der Waals surface area contributed by atoms with E-state index in [0.717, 1.165) is 13.2 Å². The van der Waals surface area contributed by atoms with Gasteiger partial charge < -0.3 is 20.1 Å². The van der Waals surface area contributed by atoms with Crippen LogP contribution in [0.3, 0.4) is 0 Å². The van der Waals surface area contributed by atoms with E-state index in [2.05, 4.69) is 11.3 Å². The first kappa shape index (κ1) is 18.6. The summed E-state index contributed by atoms with van der Waals surface area (Å²) >= 11 is 0. The third-order valence-corrected chi connectivity index (χ3v) is 3.29. The number of carbonyl (C=O) groups is 4. The highest BCUT2D eigenvalue weighted by atomic mass is 16.5. The van der Waals surface area contributed by atoms with Crippen LogP contribution in [0.15, 0.2) is 12.7 Å². The lowest BCUT2D eigenvalue weighted by molar-refractivity contribution is -0.159. The van der Waals surface area contributed by atoms with E-state index in [9.17, 15) is 19.2 Å². The van der Waals surface area contributed by atoms with Gasteiger partial charge in [-0.3, -0.25) is 19.2 Å². The van der Waals surface area contributed by atoms with Crippen molar-refractivity contribution in [3.05, 3.63) is 12.7 Å². The van der Waals surface area contributed by atoms with Crippen molar-refractivity contribution in [3.8, 4) is 0 Å². The molecule has 0 aromatic carbocycles. The van der Waals surface area contributed by atoms with Crippen molar-refractivity contribution in [2.24, 2.45) is 23.7 Å². The summed E-state index contributed by atoms with van der Waals surface area (Å²) < 4.78 is 4.43. The molecule has 4 atom stereocenters. The number of aliphatic carboxylic acids is 3. The Labute approximate surface area is 121 Å². The molecule has 0 saturated carbocycles. The number of carboxylic acids is 3. The Hall–Kier alpha value is -2.38. The summed E-state index contributed by atoms with van der Waals surface area (Å²) in [5.41, 5.74) is 0. The monoisotopic (exact) mass is 302 g/mol. The lowest BCUT2D eigenvalue weighted by Gasteiger charge is -2.24. The second-order valence-electron chi connectivity index (χ2n) is 4.54. The number of rotatable bonds is 9. The fraction of sp³-hybridized carbons (Fsp3) is 0.538. The molecule has 0 saturated heterocycles. The predicted molar refractivity (Wildman–Crippen MR) is 69.4 cm³/mol. The lowest BCUT2D eigenvalue weighted by atomic mass is 9.79. The van der Waals surface area contributed by atoms with Crippen molar-refractivity contribution >= 4 is 23.9 Å². The molecule has 21 heavy (non-hydrogen) atoms. The molecule has 8 heteroatoms. The van der Waals surface area contributed by atoms with E-state index < -0.39 is 54.0 Å². The van der Waals surface area contributed by atoms with Crippen LogP contribution >= 0.6 is 0 Å². The first-order chi connectivity index (χ1) is 9.67. The average Bonchev–Trinajstić information content (AvgIpc) is 2.40. The van der Waals surface area contributed by atoms with E-state index in [1.165, 1.54) is 6.92 Å². The van der Waals surface area contributed by atoms with Gasteiger partial charge in [-0.2, -0.15) is 0 Å². The number of carbonyl (C=O) groups excluding carboxylic acids is 1. The van der Waals surface area contributed by atoms with Gasteiger partial charge in [0.15, 0.2) is 0 Å². The van der Waals surface area contributed by atoms with Crippen LogP contribution in [-0.2, 0) is 23.9 Å². The molecule has 8 nitrogen and oxygen atoms in total. The van der Waals surface area contributed by atoms with Gasteiger partial charge in [0.05, 0.1) is 30.8 Å². The number of carboxylic acid groups (broad SMARTS) is 3. The van der Waals surface area contributed by atoms with Gasteiger partial charge in [-0.1, -0.05) is 13.0 Å². The van der Waals surface area contributed by atoms with E-state index in [1.807, 2.05) is 0 Å². The number of ether oxygens (including phenoxy) is 1. The standard InChI is InChI=1S/C13H18O8/c1-4-7(10(14)15)9(12(18)19)5-8(11(16)17)6(2)13(20)21-3/h4,6-9H,1,5H2,2-3H3,(H,14,15)(H,16,17)(H,18,19). The molecular formula is C13H18O8. The highest BCUT2D eigenvalue weighted by molar-refractivity contribution is 5.84. The molecule has 0 aliphatic carbocycles. The Morgan fingerprint density at radius 2 is 1.52 bits per heavy atom. The van der Waals surface area contributed by atoms with E-state index in [4.69, 9.17) is 15.3 Å². The van der Waals surface area contributed by atoms with Crippen LogP contribution in [0.25, 0.3) is 0 Å². The van der Waals surface area contributed by atoms with E-state index in [-0.39, 0.29) is 0 Å². The maximum absolute atomic E-state index is 11.4. The van der Waals surface area contributed by atoms with Crippen molar-refractivity contribution < 1.29 is 39.2 Å². The maximum atomic E-state index is 11.4. The minimum absolute atomic E-state index is 0.524. The molecule has 0 bridgehead atoms. The van der Waals surface area contributed by atoms with Gasteiger partial charge >= 0.3 is 23.9 Å². The largest absolute Gasteiger partial charge is 0.481 e. The number of methoxy groups -OCH3 is 1. The minimum atomic E-state index is -1.51. The molecule has 3 N–H and O–H groups in total. The van der Waals surface area contributed by atoms with Gasteiger partial charge in [-0.05, 0) is 6.42 Å². The molecule has 118 valence electrons. The number of hydrogen-bond donors (Lipinski definition) is 3. The fourth-order valence-corrected chi connectivity index (χ4v) is 1.98. The van der Waals surface area contributed by atoms with Gasteiger partial charge in [0.25, 0.3) is 0 Å². The Bertz CT molecular complexity index is 441.